The molecule has 0 radical (unpaired) electrons. The van der Waals surface area contributed by atoms with Crippen molar-refractivity contribution in [2.24, 2.45) is 0 Å². The molecule has 2 aromatic heterocycles. The summed E-state index contributed by atoms with van der Waals surface area (Å²) in [7, 11) is 0. The molecule has 0 aliphatic heterocycles. The molecule has 0 saturated heterocycles. The van der Waals surface area contributed by atoms with Crippen LogP contribution < -0.4 is 15.6 Å². The van der Waals surface area contributed by atoms with Crippen molar-refractivity contribution in [3.63, 3.8) is 0 Å². The number of carbonyl (C=O) groups excluding carboxylic acids is 2. The molecule has 0 bridgehead atoms. The fraction of sp³-hybridized carbons (Fsp3) is 0.0952. The molecule has 4 N–H and O–H groups in total. The van der Waals surface area contributed by atoms with E-state index in [0.717, 1.165) is 10.9 Å². The molecular formula is C21H19N5O4. The zero-order valence-corrected chi connectivity index (χ0v) is 16.0. The number of rotatable bonds is 5. The Balaban J connectivity index is 1.44. The van der Waals surface area contributed by atoms with E-state index >= 15 is 0 Å². The smallest absolute Gasteiger partial charge is 0.294 e. The van der Waals surface area contributed by atoms with Gasteiger partial charge < -0.3 is 14.8 Å². The van der Waals surface area contributed by atoms with Crippen LogP contribution in [-0.2, 0) is 0 Å². The van der Waals surface area contributed by atoms with Gasteiger partial charge >= 0.3 is 0 Å². The Hall–Kier alpha value is -4.27. The van der Waals surface area contributed by atoms with E-state index in [1.165, 1.54) is 10.9 Å². The van der Waals surface area contributed by atoms with Crippen LogP contribution in [-0.4, -0.2) is 38.3 Å². The highest BCUT2D eigenvalue weighted by molar-refractivity contribution is 6.01. The molecule has 0 unspecified atom stereocenters. The zero-order valence-electron chi connectivity index (χ0n) is 16.0. The van der Waals surface area contributed by atoms with Gasteiger partial charge in [-0.05, 0) is 37.3 Å². The third-order valence-corrected chi connectivity index (χ3v) is 4.37. The Labute approximate surface area is 171 Å². The Kier molecular flexibility index (Phi) is 5.08. The second kappa shape index (κ2) is 8.00. The maximum atomic E-state index is 12.4. The van der Waals surface area contributed by atoms with Crippen LogP contribution in [0, 0.1) is 0 Å². The molecule has 0 saturated carbocycles. The van der Waals surface area contributed by atoms with Crippen molar-refractivity contribution >= 4 is 22.7 Å². The van der Waals surface area contributed by atoms with Crippen LogP contribution in [0.4, 0.5) is 0 Å². The van der Waals surface area contributed by atoms with E-state index in [0.29, 0.717) is 18.0 Å². The van der Waals surface area contributed by atoms with Gasteiger partial charge in [0.25, 0.3) is 11.8 Å². The molecule has 2 aromatic carbocycles. The average molecular weight is 405 g/mol. The third-order valence-electron chi connectivity index (χ3n) is 4.37. The molecule has 4 rings (SSSR count). The predicted octanol–water partition coefficient (Wildman–Crippen LogP) is 2.53. The number of nitrogens with one attached hydrogen (secondary N) is 3. The Morgan fingerprint density at radius 2 is 1.87 bits per heavy atom. The molecule has 2 heterocycles. The number of para-hydroxylation sites is 1. The number of carbonyl (C=O) groups is 2. The molecule has 30 heavy (non-hydrogen) atoms. The summed E-state index contributed by atoms with van der Waals surface area (Å²) in [5.74, 6) is -0.902. The molecular weight excluding hydrogens is 386 g/mol. The molecule has 9 nitrogen and oxygen atoms in total. The molecule has 0 aliphatic carbocycles. The number of H-pyrrole nitrogens is 1. The Morgan fingerprint density at radius 3 is 2.63 bits per heavy atom. The number of hydrazine groups is 1. The maximum absolute atomic E-state index is 12.4. The van der Waals surface area contributed by atoms with Crippen LogP contribution in [0.3, 0.4) is 0 Å². The van der Waals surface area contributed by atoms with Crippen molar-refractivity contribution in [3.05, 3.63) is 72.2 Å². The highest BCUT2D eigenvalue weighted by Gasteiger charge is 2.18. The topological polar surface area (TPSA) is 121 Å². The van der Waals surface area contributed by atoms with E-state index in [1.54, 1.807) is 24.3 Å². The lowest BCUT2D eigenvalue weighted by atomic mass is 10.2. The first-order chi connectivity index (χ1) is 14.5. The van der Waals surface area contributed by atoms with E-state index in [9.17, 15) is 14.7 Å². The number of aromatic hydroxyl groups is 1. The number of ether oxygens (including phenoxy) is 1. The maximum Gasteiger partial charge on any atom is 0.294 e. The summed E-state index contributed by atoms with van der Waals surface area (Å²) >= 11 is 0. The van der Waals surface area contributed by atoms with Gasteiger partial charge in [0.1, 0.15) is 11.4 Å². The lowest BCUT2D eigenvalue weighted by Crippen LogP contribution is -2.42. The number of fused-ring (bicyclic) bond motifs is 1. The quantitative estimate of drug-likeness (QED) is 0.380. The van der Waals surface area contributed by atoms with E-state index in [4.69, 9.17) is 4.74 Å². The van der Waals surface area contributed by atoms with Crippen molar-refractivity contribution in [2.75, 3.05) is 6.61 Å². The average Bonchev–Trinajstić information content (AvgIpc) is 3.36. The number of nitrogens with zero attached hydrogens (tertiary/aromatic N) is 2. The normalized spacial score (nSPS) is 10.7. The number of benzene rings is 2. The summed E-state index contributed by atoms with van der Waals surface area (Å²) in [6.07, 6.45) is 1.32. The largest absolute Gasteiger partial charge is 0.504 e. The Bertz CT molecular complexity index is 1210. The first kappa shape index (κ1) is 19.1. The third kappa shape index (κ3) is 3.81. The van der Waals surface area contributed by atoms with Gasteiger partial charge in [0.15, 0.2) is 11.4 Å². The minimum absolute atomic E-state index is 0.211. The molecule has 0 aliphatic rings. The summed E-state index contributed by atoms with van der Waals surface area (Å²) in [5.41, 5.74) is 6.04. The van der Waals surface area contributed by atoms with Crippen LogP contribution in [0.15, 0.2) is 60.8 Å². The van der Waals surface area contributed by atoms with Crippen molar-refractivity contribution in [2.45, 2.75) is 6.92 Å². The highest BCUT2D eigenvalue weighted by atomic mass is 16.5. The fourth-order valence-corrected chi connectivity index (χ4v) is 2.96. The van der Waals surface area contributed by atoms with Crippen molar-refractivity contribution < 1.29 is 19.4 Å². The molecule has 152 valence electrons. The van der Waals surface area contributed by atoms with E-state index in [-0.39, 0.29) is 17.1 Å². The van der Waals surface area contributed by atoms with Gasteiger partial charge in [-0.2, -0.15) is 5.10 Å². The SMILES string of the molecule is CCOc1ccc2cc(C(=O)NNC(=O)c3nn(-c4ccccc4)cc3O)[nH]c2c1. The van der Waals surface area contributed by atoms with E-state index in [2.05, 4.69) is 20.9 Å². The van der Waals surface area contributed by atoms with Gasteiger partial charge in [-0.3, -0.25) is 20.4 Å². The van der Waals surface area contributed by atoms with E-state index < -0.39 is 11.8 Å². The monoisotopic (exact) mass is 405 g/mol. The van der Waals surface area contributed by atoms with Crippen molar-refractivity contribution in [1.29, 1.82) is 0 Å². The molecule has 0 spiro atoms. The summed E-state index contributed by atoms with van der Waals surface area (Å²) in [6, 6.07) is 16.1. The van der Waals surface area contributed by atoms with Gasteiger partial charge in [-0.1, -0.05) is 18.2 Å². The number of amides is 2. The minimum atomic E-state index is -0.745. The van der Waals surface area contributed by atoms with Gasteiger partial charge in [-0.15, -0.1) is 0 Å². The number of hydrogen-bond acceptors (Lipinski definition) is 5. The van der Waals surface area contributed by atoms with E-state index in [1.807, 2.05) is 37.3 Å². The fourth-order valence-electron chi connectivity index (χ4n) is 2.96. The van der Waals surface area contributed by atoms with Crippen LogP contribution >= 0.6 is 0 Å². The van der Waals surface area contributed by atoms with Crippen LogP contribution in [0.25, 0.3) is 16.6 Å². The predicted molar refractivity (Wildman–Crippen MR) is 110 cm³/mol. The number of aromatic nitrogens is 3. The van der Waals surface area contributed by atoms with Crippen LogP contribution in [0.5, 0.6) is 11.5 Å². The van der Waals surface area contributed by atoms with Gasteiger partial charge in [0, 0.05) is 17.0 Å². The van der Waals surface area contributed by atoms with Gasteiger partial charge in [-0.25, -0.2) is 4.68 Å². The molecule has 4 aromatic rings. The lowest BCUT2D eigenvalue weighted by molar-refractivity contribution is 0.0840. The van der Waals surface area contributed by atoms with Crippen molar-refractivity contribution in [3.8, 4) is 17.2 Å². The summed E-state index contributed by atoms with van der Waals surface area (Å²) < 4.78 is 6.82. The molecule has 2 amide bonds. The van der Waals surface area contributed by atoms with Crippen LogP contribution in [0.1, 0.15) is 27.9 Å². The number of aromatic amines is 1. The Morgan fingerprint density at radius 1 is 1.10 bits per heavy atom. The second-order valence-corrected chi connectivity index (χ2v) is 6.42. The first-order valence-corrected chi connectivity index (χ1v) is 9.25. The number of hydrogen-bond donors (Lipinski definition) is 4. The molecule has 0 fully saturated rings. The molecule has 0 atom stereocenters. The summed E-state index contributed by atoms with van der Waals surface area (Å²) in [6.45, 7) is 2.43. The van der Waals surface area contributed by atoms with Crippen LogP contribution in [0.2, 0.25) is 0 Å². The highest BCUT2D eigenvalue weighted by Crippen LogP contribution is 2.22. The van der Waals surface area contributed by atoms with Gasteiger partial charge in [0.05, 0.1) is 18.5 Å². The standard InChI is InChI=1S/C21H19N5O4/c1-2-30-15-9-8-13-10-17(22-16(13)11-15)20(28)23-24-21(29)19-18(27)12-26(25-19)14-6-4-3-5-7-14/h3-12,22,27H,2H2,1H3,(H,23,28)(H,24,29). The second-order valence-electron chi connectivity index (χ2n) is 6.42. The summed E-state index contributed by atoms with van der Waals surface area (Å²) in [5, 5.41) is 14.9. The van der Waals surface area contributed by atoms with Crippen molar-refractivity contribution in [1.82, 2.24) is 25.6 Å². The zero-order chi connectivity index (χ0) is 21.1. The first-order valence-electron chi connectivity index (χ1n) is 9.25. The summed E-state index contributed by atoms with van der Waals surface area (Å²) in [4.78, 5) is 27.7. The minimum Gasteiger partial charge on any atom is -0.504 e. The lowest BCUT2D eigenvalue weighted by Gasteiger charge is -2.05. The molecule has 9 heteroatoms. The van der Waals surface area contributed by atoms with Gasteiger partial charge in [0.2, 0.25) is 0 Å².